The summed E-state index contributed by atoms with van der Waals surface area (Å²) in [6, 6.07) is 0. The minimum Gasteiger partial charge on any atom is -0.380 e. The van der Waals surface area contributed by atoms with E-state index in [2.05, 4.69) is 12.2 Å². The fraction of sp³-hybridized carbons (Fsp3) is 1.00. The second kappa shape index (κ2) is 10.7. The molecule has 0 saturated heterocycles. The first-order valence-electron chi connectivity index (χ1n) is 6.77. The molecule has 6 heteroatoms. The topological polar surface area (TPSA) is 58.6 Å². The van der Waals surface area contributed by atoms with Gasteiger partial charge in [-0.25, -0.2) is 12.7 Å². The van der Waals surface area contributed by atoms with Crippen molar-refractivity contribution in [1.29, 1.82) is 0 Å². The molecule has 0 bridgehead atoms. The van der Waals surface area contributed by atoms with Gasteiger partial charge in [0.25, 0.3) is 0 Å². The molecule has 0 saturated carbocycles. The molecule has 0 aliphatic carbocycles. The zero-order chi connectivity index (χ0) is 13.9. The first kappa shape index (κ1) is 17.8. The highest BCUT2D eigenvalue weighted by Gasteiger charge is 2.16. The Hall–Kier alpha value is -0.170. The summed E-state index contributed by atoms with van der Waals surface area (Å²) in [5.74, 6) is 0.226. The van der Waals surface area contributed by atoms with E-state index in [9.17, 15) is 8.42 Å². The molecule has 5 nitrogen and oxygen atoms in total. The van der Waals surface area contributed by atoms with Crippen molar-refractivity contribution in [3.63, 3.8) is 0 Å². The summed E-state index contributed by atoms with van der Waals surface area (Å²) in [5.41, 5.74) is 0. The van der Waals surface area contributed by atoms with Crippen molar-refractivity contribution >= 4 is 10.0 Å². The van der Waals surface area contributed by atoms with Gasteiger partial charge in [-0.1, -0.05) is 6.92 Å². The third-order valence-corrected chi connectivity index (χ3v) is 4.60. The molecule has 0 fully saturated rings. The average Bonchev–Trinajstić information content (AvgIpc) is 2.33. The zero-order valence-corrected chi connectivity index (χ0v) is 12.8. The molecule has 18 heavy (non-hydrogen) atoms. The number of likely N-dealkylation sites (N-methyl/N-ethyl adjacent to an activating group) is 1. The van der Waals surface area contributed by atoms with E-state index in [0.29, 0.717) is 26.2 Å². The monoisotopic (exact) mass is 280 g/mol. The zero-order valence-electron chi connectivity index (χ0n) is 11.9. The summed E-state index contributed by atoms with van der Waals surface area (Å²) in [6.07, 6.45) is 2.72. The van der Waals surface area contributed by atoms with Crippen molar-refractivity contribution in [2.45, 2.75) is 33.1 Å². The number of hydrogen-bond donors (Lipinski definition) is 1. The van der Waals surface area contributed by atoms with Crippen LogP contribution in [0.25, 0.3) is 0 Å². The second-order valence-corrected chi connectivity index (χ2v) is 6.49. The summed E-state index contributed by atoms with van der Waals surface area (Å²) in [5, 5.41) is 3.26. The van der Waals surface area contributed by atoms with Crippen LogP contribution in [0.2, 0.25) is 0 Å². The Balaban J connectivity index is 3.71. The molecular weight excluding hydrogens is 252 g/mol. The van der Waals surface area contributed by atoms with E-state index in [0.717, 1.165) is 25.9 Å². The lowest BCUT2D eigenvalue weighted by Gasteiger charge is -2.16. The van der Waals surface area contributed by atoms with Gasteiger partial charge in [-0.05, 0) is 39.3 Å². The maximum Gasteiger partial charge on any atom is 0.213 e. The van der Waals surface area contributed by atoms with Crippen LogP contribution in [0.3, 0.4) is 0 Å². The lowest BCUT2D eigenvalue weighted by Crippen LogP contribution is -2.32. The van der Waals surface area contributed by atoms with Gasteiger partial charge >= 0.3 is 0 Å². The third kappa shape index (κ3) is 8.85. The largest absolute Gasteiger partial charge is 0.380 e. The van der Waals surface area contributed by atoms with Gasteiger partial charge in [0.1, 0.15) is 0 Å². The molecule has 0 aliphatic rings. The lowest BCUT2D eigenvalue weighted by atomic mass is 10.3. The van der Waals surface area contributed by atoms with Crippen LogP contribution in [0.4, 0.5) is 0 Å². The maximum absolute atomic E-state index is 11.9. The van der Waals surface area contributed by atoms with E-state index >= 15 is 0 Å². The van der Waals surface area contributed by atoms with E-state index in [-0.39, 0.29) is 5.75 Å². The van der Waals surface area contributed by atoms with Gasteiger partial charge in [0.15, 0.2) is 0 Å². The molecule has 0 heterocycles. The quantitative estimate of drug-likeness (QED) is 0.543. The number of rotatable bonds is 12. The molecule has 0 aliphatic heterocycles. The van der Waals surface area contributed by atoms with Crippen molar-refractivity contribution in [3.05, 3.63) is 0 Å². The normalized spacial score (nSPS) is 12.2. The molecule has 0 aromatic heterocycles. The number of ether oxygens (including phenoxy) is 1. The molecule has 0 radical (unpaired) electrons. The highest BCUT2D eigenvalue weighted by Crippen LogP contribution is 2.02. The number of hydrogen-bond acceptors (Lipinski definition) is 4. The van der Waals surface area contributed by atoms with Crippen molar-refractivity contribution in [3.8, 4) is 0 Å². The molecule has 110 valence electrons. The third-order valence-electron chi connectivity index (χ3n) is 2.66. The highest BCUT2D eigenvalue weighted by atomic mass is 32.2. The predicted molar refractivity (Wildman–Crippen MR) is 75.3 cm³/mol. The minimum absolute atomic E-state index is 0.226. The Labute approximate surface area is 112 Å². The minimum atomic E-state index is -3.11. The van der Waals surface area contributed by atoms with Crippen LogP contribution in [0.5, 0.6) is 0 Å². The number of nitrogens with zero attached hydrogens (tertiary/aromatic N) is 1. The summed E-state index contributed by atoms with van der Waals surface area (Å²) >= 11 is 0. The van der Waals surface area contributed by atoms with Gasteiger partial charge < -0.3 is 10.1 Å². The van der Waals surface area contributed by atoms with Crippen LogP contribution < -0.4 is 5.32 Å². The van der Waals surface area contributed by atoms with Gasteiger partial charge in [0, 0.05) is 20.2 Å². The fourth-order valence-corrected chi connectivity index (χ4v) is 2.70. The van der Waals surface area contributed by atoms with E-state index in [1.165, 1.54) is 4.31 Å². The highest BCUT2D eigenvalue weighted by molar-refractivity contribution is 7.89. The molecule has 0 rings (SSSR count). The SMILES string of the molecule is CCCNCCCCS(=O)(=O)N(C)CCOCC. The van der Waals surface area contributed by atoms with E-state index in [1.807, 2.05) is 6.92 Å². The van der Waals surface area contributed by atoms with Gasteiger partial charge in [-0.15, -0.1) is 0 Å². The average molecular weight is 280 g/mol. The predicted octanol–water partition coefficient (Wildman–Crippen LogP) is 1.06. The Bertz CT molecular complexity index is 281. The van der Waals surface area contributed by atoms with Crippen LogP contribution in [0.15, 0.2) is 0 Å². The molecule has 0 aromatic carbocycles. The van der Waals surface area contributed by atoms with Gasteiger partial charge in [0.2, 0.25) is 10.0 Å². The molecule has 0 atom stereocenters. The summed E-state index contributed by atoms with van der Waals surface area (Å²) in [4.78, 5) is 0. The molecule has 0 unspecified atom stereocenters. The van der Waals surface area contributed by atoms with Crippen molar-refractivity contribution < 1.29 is 13.2 Å². The van der Waals surface area contributed by atoms with E-state index < -0.39 is 10.0 Å². The van der Waals surface area contributed by atoms with Gasteiger partial charge in [-0.2, -0.15) is 0 Å². The second-order valence-electron chi connectivity index (χ2n) is 4.29. The molecule has 0 spiro atoms. The maximum atomic E-state index is 11.9. The molecule has 1 N–H and O–H groups in total. The van der Waals surface area contributed by atoms with Crippen LogP contribution in [-0.4, -0.2) is 58.4 Å². The van der Waals surface area contributed by atoms with Crippen molar-refractivity contribution in [1.82, 2.24) is 9.62 Å². The molecule has 0 amide bonds. The number of sulfonamides is 1. The van der Waals surface area contributed by atoms with E-state index in [1.54, 1.807) is 7.05 Å². The smallest absolute Gasteiger partial charge is 0.213 e. The standard InChI is InChI=1S/C12H28N2O3S/c1-4-8-13-9-6-7-12-18(15,16)14(3)10-11-17-5-2/h13H,4-12H2,1-3H3. The first-order valence-corrected chi connectivity index (χ1v) is 8.38. The Kier molecular flexibility index (Phi) is 10.6. The van der Waals surface area contributed by atoms with Gasteiger partial charge in [0.05, 0.1) is 12.4 Å². The summed E-state index contributed by atoms with van der Waals surface area (Å²) in [7, 11) is -1.49. The van der Waals surface area contributed by atoms with Gasteiger partial charge in [-0.3, -0.25) is 0 Å². The number of unbranched alkanes of at least 4 members (excludes halogenated alkanes) is 1. The summed E-state index contributed by atoms with van der Waals surface area (Å²) < 4.78 is 30.3. The first-order chi connectivity index (χ1) is 8.54. The van der Waals surface area contributed by atoms with Crippen molar-refractivity contribution in [2.24, 2.45) is 0 Å². The van der Waals surface area contributed by atoms with Crippen LogP contribution in [-0.2, 0) is 14.8 Å². The molecular formula is C12H28N2O3S. The Morgan fingerprint density at radius 2 is 1.89 bits per heavy atom. The Morgan fingerprint density at radius 3 is 2.50 bits per heavy atom. The van der Waals surface area contributed by atoms with Crippen LogP contribution >= 0.6 is 0 Å². The van der Waals surface area contributed by atoms with E-state index in [4.69, 9.17) is 4.74 Å². The molecule has 0 aromatic rings. The van der Waals surface area contributed by atoms with Crippen molar-refractivity contribution in [2.75, 3.05) is 45.6 Å². The Morgan fingerprint density at radius 1 is 1.17 bits per heavy atom. The van der Waals surface area contributed by atoms with Crippen LogP contribution in [0.1, 0.15) is 33.1 Å². The van der Waals surface area contributed by atoms with Crippen LogP contribution in [0, 0.1) is 0 Å². The fourth-order valence-electron chi connectivity index (χ4n) is 1.47. The summed E-state index contributed by atoms with van der Waals surface area (Å²) in [6.45, 7) is 7.43. The number of nitrogens with one attached hydrogen (secondary N) is 1. The lowest BCUT2D eigenvalue weighted by molar-refractivity contribution is 0.138.